The van der Waals surface area contributed by atoms with Crippen molar-refractivity contribution >= 4 is 28.9 Å². The Balaban J connectivity index is 1.26. The summed E-state index contributed by atoms with van der Waals surface area (Å²) in [5.74, 6) is 0.684. The Morgan fingerprint density at radius 2 is 2.03 bits per heavy atom. The summed E-state index contributed by atoms with van der Waals surface area (Å²) in [6.07, 6.45) is -0.197. The van der Waals surface area contributed by atoms with E-state index in [0.29, 0.717) is 24.8 Å². The fourth-order valence-electron chi connectivity index (χ4n) is 3.96. The fraction of sp³-hybridized carbons (Fsp3) is 0.409. The van der Waals surface area contributed by atoms with E-state index in [9.17, 15) is 9.90 Å². The van der Waals surface area contributed by atoms with Gasteiger partial charge in [0.25, 0.3) is 0 Å². The number of piperazine rings is 1. The normalized spacial score (nSPS) is 20.3. The van der Waals surface area contributed by atoms with Crippen LogP contribution in [-0.4, -0.2) is 60.8 Å². The van der Waals surface area contributed by atoms with Crippen molar-refractivity contribution in [1.82, 2.24) is 4.90 Å². The molecular weight excluding hydrogens is 390 g/mol. The number of β-amino-alcohol motifs (C(OH)–C–C–N with tert-alkyl or cyclic N) is 1. The third kappa shape index (κ3) is 4.83. The smallest absolute Gasteiger partial charge is 0.228 e. The summed E-state index contributed by atoms with van der Waals surface area (Å²) >= 11 is 5.98. The molecule has 2 aliphatic heterocycles. The molecule has 0 aromatic heterocycles. The van der Waals surface area contributed by atoms with Gasteiger partial charge < -0.3 is 20.1 Å². The Kier molecular flexibility index (Phi) is 5.94. The van der Waals surface area contributed by atoms with Crippen LogP contribution in [0.4, 0.5) is 11.4 Å². The number of hydrogen-bond donors (Lipinski definition) is 2. The lowest BCUT2D eigenvalue weighted by Gasteiger charge is -2.41. The number of carbonyl (C=O) groups is 1. The Labute approximate surface area is 176 Å². The van der Waals surface area contributed by atoms with Crippen molar-refractivity contribution in [3.8, 4) is 5.75 Å². The van der Waals surface area contributed by atoms with Crippen molar-refractivity contribution in [3.05, 3.63) is 53.1 Å². The first-order valence-electron chi connectivity index (χ1n) is 9.96. The summed E-state index contributed by atoms with van der Waals surface area (Å²) in [4.78, 5) is 16.1. The summed E-state index contributed by atoms with van der Waals surface area (Å²) in [6.45, 7) is 5.67. The minimum Gasteiger partial charge on any atom is -0.491 e. The molecule has 0 radical (unpaired) electrons. The molecule has 154 valence electrons. The van der Waals surface area contributed by atoms with Gasteiger partial charge in [-0.05, 0) is 55.0 Å². The Morgan fingerprint density at radius 3 is 2.79 bits per heavy atom. The minimum atomic E-state index is -0.576. The quantitative estimate of drug-likeness (QED) is 0.759. The molecule has 0 saturated carbocycles. The van der Waals surface area contributed by atoms with Gasteiger partial charge in [0.15, 0.2) is 0 Å². The number of aliphatic hydroxyl groups excluding tert-OH is 1. The highest BCUT2D eigenvalue weighted by molar-refractivity contribution is 6.30. The second-order valence-electron chi connectivity index (χ2n) is 7.78. The Bertz CT molecular complexity index is 874. The van der Waals surface area contributed by atoms with Crippen LogP contribution < -0.4 is 15.0 Å². The molecule has 1 saturated heterocycles. The average molecular weight is 416 g/mol. The highest BCUT2D eigenvalue weighted by Crippen LogP contribution is 2.27. The summed E-state index contributed by atoms with van der Waals surface area (Å²) in [5, 5.41) is 14.0. The highest BCUT2D eigenvalue weighted by Gasteiger charge is 2.26. The number of amides is 1. The van der Waals surface area contributed by atoms with Crippen LogP contribution in [0.25, 0.3) is 0 Å². The molecule has 2 aliphatic rings. The molecule has 0 spiro atoms. The van der Waals surface area contributed by atoms with E-state index in [1.54, 1.807) is 0 Å². The molecule has 29 heavy (non-hydrogen) atoms. The minimum absolute atomic E-state index is 0.00362. The number of ether oxygens (including phenoxy) is 1. The first-order valence-corrected chi connectivity index (χ1v) is 10.3. The van der Waals surface area contributed by atoms with Crippen molar-refractivity contribution in [2.45, 2.75) is 25.5 Å². The number of hydrogen-bond acceptors (Lipinski definition) is 5. The van der Waals surface area contributed by atoms with E-state index in [0.717, 1.165) is 35.9 Å². The van der Waals surface area contributed by atoms with E-state index in [1.165, 1.54) is 5.69 Å². The molecule has 2 atom stereocenters. The zero-order valence-corrected chi connectivity index (χ0v) is 17.2. The van der Waals surface area contributed by atoms with Gasteiger partial charge in [0.1, 0.15) is 18.5 Å². The Morgan fingerprint density at radius 1 is 1.24 bits per heavy atom. The van der Waals surface area contributed by atoms with E-state index in [4.69, 9.17) is 16.3 Å². The van der Waals surface area contributed by atoms with Gasteiger partial charge in [0, 0.05) is 48.6 Å². The van der Waals surface area contributed by atoms with Crippen LogP contribution >= 0.6 is 11.6 Å². The summed E-state index contributed by atoms with van der Waals surface area (Å²) in [7, 11) is 0. The van der Waals surface area contributed by atoms with Crippen LogP contribution in [0.2, 0.25) is 5.02 Å². The van der Waals surface area contributed by atoms with E-state index in [-0.39, 0.29) is 12.5 Å². The number of rotatable bonds is 6. The monoisotopic (exact) mass is 415 g/mol. The lowest BCUT2D eigenvalue weighted by molar-refractivity contribution is -0.115. The van der Waals surface area contributed by atoms with Crippen molar-refractivity contribution in [2.24, 2.45) is 0 Å². The molecule has 0 unspecified atom stereocenters. The predicted molar refractivity (Wildman–Crippen MR) is 115 cm³/mol. The third-order valence-corrected chi connectivity index (χ3v) is 5.80. The molecule has 7 heteroatoms. The van der Waals surface area contributed by atoms with Gasteiger partial charge in [0.05, 0.1) is 6.42 Å². The first kappa shape index (κ1) is 20.0. The SMILES string of the molecule is C[C@H]1CN(c2ccc(Cl)cc2)CCN1C[C@H](O)COc1ccc2c(c1)CC(=O)N2. The van der Waals surface area contributed by atoms with E-state index < -0.39 is 6.10 Å². The van der Waals surface area contributed by atoms with Gasteiger partial charge in [-0.1, -0.05) is 11.6 Å². The number of carbonyl (C=O) groups excluding carboxylic acids is 1. The zero-order valence-electron chi connectivity index (χ0n) is 16.5. The lowest BCUT2D eigenvalue weighted by Crippen LogP contribution is -2.54. The van der Waals surface area contributed by atoms with Gasteiger partial charge in [0.2, 0.25) is 5.91 Å². The third-order valence-electron chi connectivity index (χ3n) is 5.55. The number of nitrogens with zero attached hydrogens (tertiary/aromatic N) is 2. The molecule has 6 nitrogen and oxygen atoms in total. The van der Waals surface area contributed by atoms with Crippen molar-refractivity contribution in [3.63, 3.8) is 0 Å². The summed E-state index contributed by atoms with van der Waals surface area (Å²) in [6, 6.07) is 13.8. The molecule has 2 aromatic rings. The fourth-order valence-corrected chi connectivity index (χ4v) is 4.09. The largest absolute Gasteiger partial charge is 0.491 e. The second-order valence-corrected chi connectivity index (χ2v) is 8.21. The van der Waals surface area contributed by atoms with Gasteiger partial charge >= 0.3 is 0 Å². The summed E-state index contributed by atoms with van der Waals surface area (Å²) < 4.78 is 5.77. The van der Waals surface area contributed by atoms with Crippen molar-refractivity contribution < 1.29 is 14.6 Å². The Hall–Kier alpha value is -2.28. The number of anilines is 2. The van der Waals surface area contributed by atoms with Crippen LogP contribution in [0.5, 0.6) is 5.75 Å². The number of benzene rings is 2. The van der Waals surface area contributed by atoms with Gasteiger partial charge in [-0.3, -0.25) is 9.69 Å². The molecule has 4 rings (SSSR count). The molecule has 0 aliphatic carbocycles. The van der Waals surface area contributed by atoms with Crippen LogP contribution in [-0.2, 0) is 11.2 Å². The average Bonchev–Trinajstić information content (AvgIpc) is 3.08. The van der Waals surface area contributed by atoms with Gasteiger partial charge in [-0.15, -0.1) is 0 Å². The number of halogens is 1. The van der Waals surface area contributed by atoms with Crippen LogP contribution in [0.1, 0.15) is 12.5 Å². The van der Waals surface area contributed by atoms with E-state index in [1.807, 2.05) is 42.5 Å². The maximum Gasteiger partial charge on any atom is 0.228 e. The topological polar surface area (TPSA) is 65.0 Å². The number of fused-ring (bicyclic) bond motifs is 1. The van der Waals surface area contributed by atoms with Crippen molar-refractivity contribution in [2.75, 3.05) is 43.0 Å². The van der Waals surface area contributed by atoms with E-state index >= 15 is 0 Å². The number of nitrogens with one attached hydrogen (secondary N) is 1. The first-order chi connectivity index (χ1) is 14.0. The molecule has 2 aromatic carbocycles. The molecule has 1 amide bonds. The molecular formula is C22H26ClN3O3. The molecule has 2 N–H and O–H groups in total. The van der Waals surface area contributed by atoms with Gasteiger partial charge in [-0.25, -0.2) is 0 Å². The maximum absolute atomic E-state index is 11.5. The lowest BCUT2D eigenvalue weighted by atomic mass is 10.1. The predicted octanol–water partition coefficient (Wildman–Crippen LogP) is 2.79. The zero-order chi connectivity index (χ0) is 20.4. The molecule has 1 fully saturated rings. The maximum atomic E-state index is 11.5. The summed E-state index contributed by atoms with van der Waals surface area (Å²) in [5.41, 5.74) is 2.96. The van der Waals surface area contributed by atoms with Crippen LogP contribution in [0.3, 0.4) is 0 Å². The second kappa shape index (κ2) is 8.61. The van der Waals surface area contributed by atoms with Crippen molar-refractivity contribution in [1.29, 1.82) is 0 Å². The number of aliphatic hydroxyl groups is 1. The molecule has 2 heterocycles. The van der Waals surface area contributed by atoms with E-state index in [2.05, 4.69) is 22.0 Å². The van der Waals surface area contributed by atoms with Gasteiger partial charge in [-0.2, -0.15) is 0 Å². The standard InChI is InChI=1S/C22H26ClN3O3/c1-15-12-26(18-4-2-17(23)3-5-18)9-8-25(15)13-19(27)14-29-20-6-7-21-16(10-20)11-22(28)24-21/h2-7,10,15,19,27H,8-9,11-14H2,1H3,(H,24,28)/t15-,19-/m0/s1. The van der Waals surface area contributed by atoms with Crippen LogP contribution in [0, 0.1) is 0 Å². The highest BCUT2D eigenvalue weighted by atomic mass is 35.5. The van der Waals surface area contributed by atoms with Crippen LogP contribution in [0.15, 0.2) is 42.5 Å². The molecule has 0 bridgehead atoms.